The third-order valence-corrected chi connectivity index (χ3v) is 7.92. The first kappa shape index (κ1) is 23.8. The van der Waals surface area contributed by atoms with Crippen LogP contribution >= 0.6 is 15.9 Å². The Balaban J connectivity index is 1.46. The number of nitrogens with zero attached hydrogens (tertiary/aromatic N) is 1. The Morgan fingerprint density at radius 2 is 1.77 bits per heavy atom. The van der Waals surface area contributed by atoms with Crippen LogP contribution in [-0.2, 0) is 19.1 Å². The summed E-state index contributed by atoms with van der Waals surface area (Å²) in [6.07, 6.45) is -0.161. The van der Waals surface area contributed by atoms with E-state index in [1.165, 1.54) is 4.90 Å². The summed E-state index contributed by atoms with van der Waals surface area (Å²) >= 11 is 3.63. The molecule has 2 aromatic rings. The summed E-state index contributed by atoms with van der Waals surface area (Å²) in [5.41, 5.74) is -0.0272. The molecule has 0 aromatic heterocycles. The van der Waals surface area contributed by atoms with E-state index in [0.29, 0.717) is 23.5 Å². The Morgan fingerprint density at radius 1 is 1.11 bits per heavy atom. The number of fused-ring (bicyclic) bond motifs is 1. The number of anilines is 2. The van der Waals surface area contributed by atoms with Crippen molar-refractivity contribution in [2.45, 2.75) is 29.0 Å². The van der Waals surface area contributed by atoms with Gasteiger partial charge in [-0.15, -0.1) is 0 Å². The average molecular weight is 544 g/mol. The number of para-hydroxylation sites is 1. The molecule has 0 saturated carbocycles. The lowest BCUT2D eigenvalue weighted by atomic mass is 9.70. The Kier molecular flexibility index (Phi) is 6.29. The van der Waals surface area contributed by atoms with Gasteiger partial charge in [0.15, 0.2) is 0 Å². The number of benzene rings is 2. The minimum Gasteiger partial charge on any atom is -0.497 e. The molecular formula is C25H26BrN3O6. The second kappa shape index (κ2) is 9.25. The molecule has 3 amide bonds. The first-order chi connectivity index (χ1) is 16.9. The molecule has 0 radical (unpaired) electrons. The van der Waals surface area contributed by atoms with Crippen molar-refractivity contribution in [3.8, 4) is 5.75 Å². The van der Waals surface area contributed by atoms with Crippen LogP contribution in [0.1, 0.15) is 6.42 Å². The molecule has 0 aliphatic carbocycles. The van der Waals surface area contributed by atoms with E-state index in [1.807, 2.05) is 18.2 Å². The molecule has 10 heteroatoms. The number of aliphatic hydroxyl groups is 1. The maximum Gasteiger partial charge on any atom is 0.250 e. The quantitative estimate of drug-likeness (QED) is 0.460. The second-order valence-electron chi connectivity index (χ2n) is 8.99. The fourth-order valence-electron chi connectivity index (χ4n) is 5.71. The van der Waals surface area contributed by atoms with Gasteiger partial charge in [-0.25, -0.2) is 0 Å². The molecule has 2 bridgehead atoms. The lowest BCUT2D eigenvalue weighted by Gasteiger charge is -2.34. The van der Waals surface area contributed by atoms with Crippen LogP contribution in [0.5, 0.6) is 5.75 Å². The van der Waals surface area contributed by atoms with Crippen molar-refractivity contribution >= 4 is 45.0 Å². The van der Waals surface area contributed by atoms with E-state index in [2.05, 4.69) is 26.6 Å². The number of carbonyl (C=O) groups excluding carboxylic acids is 3. The Labute approximate surface area is 210 Å². The number of methoxy groups -OCH3 is 1. The van der Waals surface area contributed by atoms with E-state index in [1.54, 1.807) is 43.5 Å². The molecule has 35 heavy (non-hydrogen) atoms. The summed E-state index contributed by atoms with van der Waals surface area (Å²) in [7, 11) is 1.55. The normalized spacial score (nSPS) is 30.8. The molecule has 3 N–H and O–H groups in total. The molecule has 3 aliphatic rings. The standard InChI is InChI=1S/C25H26BrN3O6/c1-34-16-9-7-15(8-10-16)28-23(32)21-25-13-17(26)20(35-25)18(19(25)24(33)29(21)11-12-30)22(31)27-14-5-3-2-4-6-14/h2-10,17-21,30H,11-13H2,1H3,(H,27,31)(H,28,32)/t17?,18-,19+,20-,21?,25?/m1/s1. The average Bonchev–Trinajstić information content (AvgIpc) is 3.44. The topological polar surface area (TPSA) is 117 Å². The highest BCUT2D eigenvalue weighted by molar-refractivity contribution is 9.09. The zero-order valence-electron chi connectivity index (χ0n) is 19.0. The monoisotopic (exact) mass is 543 g/mol. The lowest BCUT2D eigenvalue weighted by molar-refractivity contribution is -0.140. The number of rotatable bonds is 7. The van der Waals surface area contributed by atoms with Gasteiger partial charge in [0.05, 0.1) is 31.7 Å². The number of carbonyl (C=O) groups is 3. The van der Waals surface area contributed by atoms with Crippen molar-refractivity contribution in [1.82, 2.24) is 4.90 Å². The Bertz CT molecular complexity index is 1130. The molecule has 3 fully saturated rings. The van der Waals surface area contributed by atoms with E-state index < -0.39 is 35.5 Å². The van der Waals surface area contributed by atoms with Crippen molar-refractivity contribution in [2.24, 2.45) is 11.8 Å². The van der Waals surface area contributed by atoms with E-state index in [0.717, 1.165) is 0 Å². The van der Waals surface area contributed by atoms with Crippen molar-refractivity contribution in [1.29, 1.82) is 0 Å². The highest BCUT2D eigenvalue weighted by atomic mass is 79.9. The van der Waals surface area contributed by atoms with Gasteiger partial charge in [-0.2, -0.15) is 0 Å². The molecule has 1 spiro atoms. The van der Waals surface area contributed by atoms with Crippen molar-refractivity contribution < 1.29 is 29.0 Å². The van der Waals surface area contributed by atoms with Gasteiger partial charge in [-0.05, 0) is 42.8 Å². The fraction of sp³-hybridized carbons (Fsp3) is 0.400. The predicted molar refractivity (Wildman–Crippen MR) is 131 cm³/mol. The largest absolute Gasteiger partial charge is 0.497 e. The van der Waals surface area contributed by atoms with E-state index >= 15 is 0 Å². The van der Waals surface area contributed by atoms with Crippen LogP contribution in [-0.4, -0.2) is 70.6 Å². The number of nitrogens with one attached hydrogen (secondary N) is 2. The van der Waals surface area contributed by atoms with Gasteiger partial charge >= 0.3 is 0 Å². The lowest BCUT2D eigenvalue weighted by Crippen LogP contribution is -2.54. The summed E-state index contributed by atoms with van der Waals surface area (Å²) in [4.78, 5) is 41.7. The summed E-state index contributed by atoms with van der Waals surface area (Å²) < 4.78 is 11.6. The zero-order chi connectivity index (χ0) is 24.7. The van der Waals surface area contributed by atoms with Gasteiger partial charge in [0.25, 0.3) is 0 Å². The third-order valence-electron chi connectivity index (χ3n) is 7.08. The summed E-state index contributed by atoms with van der Waals surface area (Å²) in [5, 5.41) is 15.4. The summed E-state index contributed by atoms with van der Waals surface area (Å²) in [5.74, 6) is -2.07. The fourth-order valence-corrected chi connectivity index (χ4v) is 6.65. The van der Waals surface area contributed by atoms with Gasteiger partial charge in [0.2, 0.25) is 17.7 Å². The number of halogens is 1. The van der Waals surface area contributed by atoms with Crippen LogP contribution in [0.15, 0.2) is 54.6 Å². The first-order valence-electron chi connectivity index (χ1n) is 11.4. The highest BCUT2D eigenvalue weighted by Gasteiger charge is 2.76. The predicted octanol–water partition coefficient (Wildman–Crippen LogP) is 2.01. The van der Waals surface area contributed by atoms with Crippen molar-refractivity contribution in [3.63, 3.8) is 0 Å². The SMILES string of the molecule is COc1ccc(NC(=O)C2N(CCO)C(=O)[C@@H]3[C@@H](C(=O)Nc4ccccc4)[C@@H]4OC23CC4Br)cc1. The maximum absolute atomic E-state index is 13.6. The van der Waals surface area contributed by atoms with Gasteiger partial charge in [-0.1, -0.05) is 34.1 Å². The Morgan fingerprint density at radius 3 is 2.43 bits per heavy atom. The number of ether oxygens (including phenoxy) is 2. The first-order valence-corrected chi connectivity index (χ1v) is 12.3. The van der Waals surface area contributed by atoms with E-state index in [9.17, 15) is 19.5 Å². The van der Waals surface area contributed by atoms with Crippen LogP contribution in [0.3, 0.4) is 0 Å². The molecule has 3 unspecified atom stereocenters. The highest BCUT2D eigenvalue weighted by Crippen LogP contribution is 2.60. The molecule has 184 valence electrons. The molecule has 5 rings (SSSR count). The molecule has 3 saturated heterocycles. The van der Waals surface area contributed by atoms with E-state index in [4.69, 9.17) is 9.47 Å². The smallest absolute Gasteiger partial charge is 0.250 e. The van der Waals surface area contributed by atoms with Crippen LogP contribution < -0.4 is 15.4 Å². The second-order valence-corrected chi connectivity index (χ2v) is 10.2. The maximum atomic E-state index is 13.6. The molecule has 3 aliphatic heterocycles. The minimum absolute atomic E-state index is 0.0359. The van der Waals surface area contributed by atoms with Gasteiger partial charge in [0, 0.05) is 22.7 Å². The molecule has 9 nitrogen and oxygen atoms in total. The van der Waals surface area contributed by atoms with Crippen LogP contribution in [0.2, 0.25) is 0 Å². The Hall–Kier alpha value is -2.95. The van der Waals surface area contributed by atoms with Crippen LogP contribution in [0, 0.1) is 11.8 Å². The number of likely N-dealkylation sites (tertiary alicyclic amines) is 1. The number of aliphatic hydroxyl groups excluding tert-OH is 1. The van der Waals surface area contributed by atoms with Crippen molar-refractivity contribution in [2.75, 3.05) is 30.9 Å². The molecule has 2 aromatic carbocycles. The van der Waals surface area contributed by atoms with Crippen LogP contribution in [0.4, 0.5) is 11.4 Å². The summed E-state index contributed by atoms with van der Waals surface area (Å²) in [6, 6.07) is 14.9. The molecular weight excluding hydrogens is 518 g/mol. The van der Waals surface area contributed by atoms with Gasteiger partial charge in [-0.3, -0.25) is 14.4 Å². The number of hydrogen-bond acceptors (Lipinski definition) is 6. The summed E-state index contributed by atoms with van der Waals surface area (Å²) in [6.45, 7) is -0.352. The third kappa shape index (κ3) is 3.89. The number of amides is 3. The molecule has 3 heterocycles. The molecule has 6 atom stereocenters. The minimum atomic E-state index is -1.18. The van der Waals surface area contributed by atoms with E-state index in [-0.39, 0.29) is 29.8 Å². The zero-order valence-corrected chi connectivity index (χ0v) is 20.6. The van der Waals surface area contributed by atoms with Crippen LogP contribution in [0.25, 0.3) is 0 Å². The van der Waals surface area contributed by atoms with Gasteiger partial charge < -0.3 is 30.1 Å². The van der Waals surface area contributed by atoms with Crippen molar-refractivity contribution in [3.05, 3.63) is 54.6 Å². The number of alkyl halides is 1. The van der Waals surface area contributed by atoms with Gasteiger partial charge in [0.1, 0.15) is 17.4 Å². The number of β-amino-alcohol motifs (C(OH)–C–C–N with tert-alkyl or cyclic N) is 1. The number of hydrogen-bond donors (Lipinski definition) is 3.